The molecule has 12 nitrogen and oxygen atoms in total. The third-order valence-corrected chi connectivity index (χ3v) is 7.82. The number of esters is 2. The smallest absolute Gasteiger partial charge is 0.408 e. The number of halogens is 3. The molecule has 2 unspecified atom stereocenters. The van der Waals surface area contributed by atoms with E-state index in [1.54, 1.807) is 83.7 Å². The highest BCUT2D eigenvalue weighted by molar-refractivity contribution is 6.31. The Kier molecular flexibility index (Phi) is 16.1. The van der Waals surface area contributed by atoms with E-state index in [1.807, 2.05) is 24.3 Å². The van der Waals surface area contributed by atoms with Gasteiger partial charge in [-0.3, -0.25) is 14.4 Å². The van der Waals surface area contributed by atoms with Crippen LogP contribution in [0.1, 0.15) is 31.9 Å². The first-order chi connectivity index (χ1) is 23.9. The molecule has 15 heteroatoms. The molecule has 2 aromatic heterocycles. The summed E-state index contributed by atoms with van der Waals surface area (Å²) in [5.74, 6) is -1.03. The Morgan fingerprint density at radius 3 is 1.54 bits per heavy atom. The number of nitrogens with one attached hydrogen (secondary N) is 1. The lowest BCUT2D eigenvalue weighted by atomic mass is 10.0. The quantitative estimate of drug-likeness (QED) is 0.166. The van der Waals surface area contributed by atoms with Crippen molar-refractivity contribution >= 4 is 53.6 Å². The van der Waals surface area contributed by atoms with Crippen LogP contribution in [0.3, 0.4) is 0 Å². The maximum Gasteiger partial charge on any atom is 0.408 e. The predicted octanol–water partition coefficient (Wildman–Crippen LogP) is 5.48. The summed E-state index contributed by atoms with van der Waals surface area (Å²) in [4.78, 5) is 59.9. The minimum Gasteiger partial charge on any atom is -0.468 e. The van der Waals surface area contributed by atoms with Gasteiger partial charge in [-0.1, -0.05) is 71.7 Å². The van der Waals surface area contributed by atoms with Gasteiger partial charge in [-0.25, -0.2) is 9.59 Å². The molecule has 52 heavy (non-hydrogen) atoms. The first kappa shape index (κ1) is 43.5. The number of nitrogens with two attached hydrogens (primary N) is 1. The lowest BCUT2D eigenvalue weighted by molar-refractivity contribution is -0.143. The lowest BCUT2D eigenvalue weighted by Gasteiger charge is -2.22. The molecule has 2 aromatic carbocycles. The third kappa shape index (κ3) is 12.6. The first-order valence-electron chi connectivity index (χ1n) is 15.7. The maximum absolute atomic E-state index is 12.3. The molecule has 0 aliphatic heterocycles. The van der Waals surface area contributed by atoms with Crippen molar-refractivity contribution in [2.45, 2.75) is 51.3 Å². The average Bonchev–Trinajstić information content (AvgIpc) is 3.07. The van der Waals surface area contributed by atoms with Crippen LogP contribution in [0.15, 0.2) is 82.6 Å². The van der Waals surface area contributed by atoms with E-state index in [9.17, 15) is 24.0 Å². The van der Waals surface area contributed by atoms with Gasteiger partial charge in [0, 0.05) is 44.0 Å². The summed E-state index contributed by atoms with van der Waals surface area (Å²) in [6.07, 6.45) is 2.99. The van der Waals surface area contributed by atoms with E-state index < -0.39 is 35.7 Å². The van der Waals surface area contributed by atoms with Crippen molar-refractivity contribution in [2.75, 3.05) is 14.2 Å². The molecular formula is C37H43Cl3N4O8. The van der Waals surface area contributed by atoms with Crippen LogP contribution in [0.25, 0.3) is 22.3 Å². The second kappa shape index (κ2) is 19.3. The molecule has 4 rings (SSSR count). The summed E-state index contributed by atoms with van der Waals surface area (Å²) >= 11 is 12.0. The number of amides is 1. The average molecular weight is 778 g/mol. The summed E-state index contributed by atoms with van der Waals surface area (Å²) in [7, 11) is 5.85. The normalized spacial score (nSPS) is 11.9. The van der Waals surface area contributed by atoms with Crippen molar-refractivity contribution in [1.82, 2.24) is 14.5 Å². The number of alkyl carbamates (subject to hydrolysis) is 1. The Morgan fingerprint density at radius 2 is 1.15 bits per heavy atom. The summed E-state index contributed by atoms with van der Waals surface area (Å²) in [5, 5.41) is 3.49. The third-order valence-electron chi connectivity index (χ3n) is 7.41. The van der Waals surface area contributed by atoms with Gasteiger partial charge in [0.25, 0.3) is 11.1 Å². The molecule has 2 atom stereocenters. The lowest BCUT2D eigenvalue weighted by Crippen LogP contribution is -2.45. The van der Waals surface area contributed by atoms with Gasteiger partial charge in [-0.15, -0.1) is 12.4 Å². The largest absolute Gasteiger partial charge is 0.468 e. The topological polar surface area (TPSA) is 161 Å². The molecule has 0 fully saturated rings. The van der Waals surface area contributed by atoms with Gasteiger partial charge >= 0.3 is 18.0 Å². The summed E-state index contributed by atoms with van der Waals surface area (Å²) in [6, 6.07) is 16.0. The van der Waals surface area contributed by atoms with Gasteiger partial charge in [0.05, 0.1) is 24.3 Å². The van der Waals surface area contributed by atoms with Gasteiger partial charge in [0.15, 0.2) is 0 Å². The maximum atomic E-state index is 12.3. The van der Waals surface area contributed by atoms with E-state index in [2.05, 4.69) is 10.1 Å². The van der Waals surface area contributed by atoms with Crippen LogP contribution in [0.5, 0.6) is 0 Å². The number of aromatic nitrogens is 2. The standard InChI is InChI=1S/C21H25ClN2O5.C16H17ClN2O3.ClH/c1-21(2,3)29-20(27)23-17(19(26)28-5)10-13-6-8-14(9-7-13)16-11-15(22)12-24(4)18(16)25;1-19-9-12(17)8-13(15(19)20)11-5-3-10(4-6-11)7-14(18)16(21)22-2;/h6-9,11-12,17H,10H2,1-5H3,(H,23,27);3-6,8-9,14H,7,18H2,1-2H3;1H. The number of methoxy groups -OCH3 is 2. The molecular weight excluding hydrogens is 735 g/mol. The second-order valence-corrected chi connectivity index (χ2v) is 13.5. The fourth-order valence-corrected chi connectivity index (χ4v) is 5.42. The highest BCUT2D eigenvalue weighted by Crippen LogP contribution is 2.22. The minimum absolute atomic E-state index is 0. The van der Waals surface area contributed by atoms with Crippen molar-refractivity contribution in [3.63, 3.8) is 0 Å². The van der Waals surface area contributed by atoms with Gasteiger partial charge in [0.1, 0.15) is 17.7 Å². The zero-order valence-corrected chi connectivity index (χ0v) is 32.2. The summed E-state index contributed by atoms with van der Waals surface area (Å²) in [5.41, 5.74) is 8.89. The fourth-order valence-electron chi connectivity index (χ4n) is 4.91. The number of rotatable bonds is 9. The van der Waals surface area contributed by atoms with E-state index in [4.69, 9.17) is 38.4 Å². The van der Waals surface area contributed by atoms with E-state index in [-0.39, 0.29) is 29.9 Å². The van der Waals surface area contributed by atoms with Crippen LogP contribution < -0.4 is 22.2 Å². The number of hydrogen-bond acceptors (Lipinski definition) is 9. The Bertz CT molecular complexity index is 1970. The monoisotopic (exact) mass is 776 g/mol. The molecule has 3 N–H and O–H groups in total. The molecule has 0 aliphatic carbocycles. The Balaban J connectivity index is 0.000000366. The second-order valence-electron chi connectivity index (χ2n) is 12.6. The van der Waals surface area contributed by atoms with Crippen LogP contribution in [0.4, 0.5) is 4.79 Å². The number of carbonyl (C=O) groups excluding carboxylic acids is 3. The zero-order valence-electron chi connectivity index (χ0n) is 29.9. The van der Waals surface area contributed by atoms with Crippen molar-refractivity contribution in [1.29, 1.82) is 0 Å². The zero-order chi connectivity index (χ0) is 38.0. The summed E-state index contributed by atoms with van der Waals surface area (Å²) < 4.78 is 17.4. The van der Waals surface area contributed by atoms with Crippen molar-refractivity contribution in [3.8, 4) is 22.3 Å². The molecule has 2 heterocycles. The first-order valence-corrected chi connectivity index (χ1v) is 16.5. The Labute approximate surface area is 318 Å². The number of carbonyl (C=O) groups is 3. The number of hydrogen-bond donors (Lipinski definition) is 2. The fraction of sp³-hybridized carbons (Fsp3) is 0.324. The molecule has 0 saturated carbocycles. The summed E-state index contributed by atoms with van der Waals surface area (Å²) in [6.45, 7) is 5.20. The van der Waals surface area contributed by atoms with Crippen molar-refractivity contribution < 1.29 is 28.6 Å². The molecule has 280 valence electrons. The van der Waals surface area contributed by atoms with Crippen molar-refractivity contribution in [2.24, 2.45) is 19.8 Å². The van der Waals surface area contributed by atoms with E-state index >= 15 is 0 Å². The van der Waals surface area contributed by atoms with Gasteiger partial charge in [-0.05, 0) is 61.6 Å². The van der Waals surface area contributed by atoms with Gasteiger partial charge in [-0.2, -0.15) is 0 Å². The molecule has 0 bridgehead atoms. The van der Waals surface area contributed by atoms with E-state index in [1.165, 1.54) is 23.4 Å². The van der Waals surface area contributed by atoms with Gasteiger partial charge in [0.2, 0.25) is 0 Å². The molecule has 0 aliphatic rings. The van der Waals surface area contributed by atoms with Crippen molar-refractivity contribution in [3.05, 3.63) is 115 Å². The van der Waals surface area contributed by atoms with E-state index in [0.29, 0.717) is 33.2 Å². The highest BCUT2D eigenvalue weighted by Gasteiger charge is 2.25. The van der Waals surface area contributed by atoms with Gasteiger partial charge < -0.3 is 34.4 Å². The minimum atomic E-state index is -0.903. The number of nitrogens with zero attached hydrogens (tertiary/aromatic N) is 2. The highest BCUT2D eigenvalue weighted by atomic mass is 35.5. The van der Waals surface area contributed by atoms with E-state index in [0.717, 1.165) is 16.7 Å². The van der Waals surface area contributed by atoms with Crippen LogP contribution in [0.2, 0.25) is 10.0 Å². The Morgan fingerprint density at radius 1 is 0.750 bits per heavy atom. The van der Waals surface area contributed by atoms with Crippen LogP contribution >= 0.6 is 35.6 Å². The number of pyridine rings is 2. The molecule has 0 radical (unpaired) electrons. The van der Waals surface area contributed by atoms with Crippen LogP contribution in [-0.4, -0.2) is 59.1 Å². The molecule has 0 saturated heterocycles. The Hall–Kier alpha value is -4.62. The molecule has 4 aromatic rings. The SMILES string of the molecule is COC(=O)C(Cc1ccc(-c2cc(Cl)cn(C)c2=O)cc1)NC(=O)OC(C)(C)C.COC(=O)C(N)Cc1ccc(-c2cc(Cl)cn(C)c2=O)cc1.Cl. The number of benzene rings is 2. The van der Waals surface area contributed by atoms with Crippen LogP contribution in [-0.2, 0) is 50.7 Å². The molecule has 1 amide bonds. The number of aryl methyl sites for hydroxylation is 2. The molecule has 0 spiro atoms. The van der Waals surface area contributed by atoms with Crippen LogP contribution in [0, 0.1) is 0 Å². The predicted molar refractivity (Wildman–Crippen MR) is 204 cm³/mol. The number of ether oxygens (including phenoxy) is 3.